The fourth-order valence-electron chi connectivity index (χ4n) is 5.03. The molecule has 0 radical (unpaired) electrons. The molecule has 1 aliphatic rings. The van der Waals surface area contributed by atoms with Gasteiger partial charge in [-0.2, -0.15) is 4.39 Å². The predicted molar refractivity (Wildman–Crippen MR) is 164 cm³/mol. The molecule has 3 N–H and O–H groups in total. The fourth-order valence-corrected chi connectivity index (χ4v) is 5.43. The summed E-state index contributed by atoms with van der Waals surface area (Å²) in [5, 5.41) is 16.6. The molecule has 12 heteroatoms. The van der Waals surface area contributed by atoms with E-state index in [1.54, 1.807) is 47.5 Å². The number of nitrogens with one attached hydrogen (secondary N) is 2. The first-order chi connectivity index (χ1) is 20.8. The molecule has 4 aromatic rings. The van der Waals surface area contributed by atoms with Gasteiger partial charge in [0, 0.05) is 41.3 Å². The Morgan fingerprint density at radius 1 is 1.07 bits per heavy atom. The number of amides is 1. The number of hydrogen-bond donors (Lipinski definition) is 3. The van der Waals surface area contributed by atoms with Crippen LogP contribution in [0.1, 0.15) is 24.1 Å². The van der Waals surface area contributed by atoms with Crippen molar-refractivity contribution in [2.45, 2.75) is 31.8 Å². The van der Waals surface area contributed by atoms with Gasteiger partial charge in [0.1, 0.15) is 12.4 Å². The molecule has 5 rings (SSSR count). The summed E-state index contributed by atoms with van der Waals surface area (Å²) in [6.07, 6.45) is 4.17. The van der Waals surface area contributed by atoms with Gasteiger partial charge >= 0.3 is 5.97 Å². The van der Waals surface area contributed by atoms with E-state index < -0.39 is 29.7 Å². The van der Waals surface area contributed by atoms with Gasteiger partial charge in [-0.05, 0) is 54.3 Å². The van der Waals surface area contributed by atoms with E-state index in [-0.39, 0.29) is 31.1 Å². The second-order valence-electron chi connectivity index (χ2n) is 10.2. The standard InChI is InChI=1S/C31H29Cl2FN6O3/c32-22-10-11-25(33)24(15-22)20-8-6-19(7-9-20)14-26(31(42)43)39-30(41)21-4-3-13-40(17-21)29-27(34)28(37-18-38-29)36-16-23-5-1-2-12-35-23/h1-2,5-12,15,18,21,26H,3-4,13-14,16-17H2,(H,39,41)(H,42,43)(H,36,37,38)/t21?,26-/m0/s1. The zero-order valence-electron chi connectivity index (χ0n) is 23.0. The molecule has 3 heterocycles. The summed E-state index contributed by atoms with van der Waals surface area (Å²) >= 11 is 12.4. The number of pyridine rings is 1. The van der Waals surface area contributed by atoms with E-state index in [4.69, 9.17) is 23.2 Å². The molecule has 0 saturated carbocycles. The largest absolute Gasteiger partial charge is 0.480 e. The third-order valence-electron chi connectivity index (χ3n) is 7.27. The van der Waals surface area contributed by atoms with Crippen LogP contribution < -0.4 is 15.5 Å². The van der Waals surface area contributed by atoms with Crippen LogP contribution in [-0.2, 0) is 22.6 Å². The summed E-state index contributed by atoms with van der Waals surface area (Å²) in [6.45, 7) is 0.983. The van der Waals surface area contributed by atoms with Crippen molar-refractivity contribution in [1.29, 1.82) is 0 Å². The molecule has 0 aliphatic carbocycles. The Morgan fingerprint density at radius 3 is 2.63 bits per heavy atom. The van der Waals surface area contributed by atoms with E-state index in [1.807, 2.05) is 24.3 Å². The van der Waals surface area contributed by atoms with Gasteiger partial charge in [-0.25, -0.2) is 14.8 Å². The zero-order chi connectivity index (χ0) is 30.3. The molecule has 1 amide bonds. The highest BCUT2D eigenvalue weighted by Gasteiger charge is 2.31. The summed E-state index contributed by atoms with van der Waals surface area (Å²) in [5.74, 6) is -2.58. The number of benzene rings is 2. The van der Waals surface area contributed by atoms with Gasteiger partial charge in [0.25, 0.3) is 0 Å². The van der Waals surface area contributed by atoms with Crippen LogP contribution in [0.15, 0.2) is 73.2 Å². The molecule has 43 heavy (non-hydrogen) atoms. The number of aromatic nitrogens is 3. The third kappa shape index (κ3) is 7.57. The molecule has 1 fully saturated rings. The van der Waals surface area contributed by atoms with Crippen LogP contribution in [0.2, 0.25) is 10.0 Å². The minimum Gasteiger partial charge on any atom is -0.480 e. The van der Waals surface area contributed by atoms with Crippen molar-refractivity contribution in [2.24, 2.45) is 5.92 Å². The van der Waals surface area contributed by atoms with E-state index in [1.165, 1.54) is 6.33 Å². The summed E-state index contributed by atoms with van der Waals surface area (Å²) in [7, 11) is 0. The maximum absolute atomic E-state index is 15.4. The van der Waals surface area contributed by atoms with Crippen molar-refractivity contribution in [2.75, 3.05) is 23.3 Å². The SMILES string of the molecule is O=C(N[C@@H](Cc1ccc(-c2cc(Cl)ccc2Cl)cc1)C(=O)O)C1CCCN(c2ncnc(NCc3ccccn3)c2F)C1. The summed E-state index contributed by atoms with van der Waals surface area (Å²) in [4.78, 5) is 39.4. The van der Waals surface area contributed by atoms with Gasteiger partial charge in [0.05, 0.1) is 18.2 Å². The molecule has 0 spiro atoms. The number of hydrogen-bond acceptors (Lipinski definition) is 7. The predicted octanol–water partition coefficient (Wildman–Crippen LogP) is 5.63. The maximum atomic E-state index is 15.4. The van der Waals surface area contributed by atoms with Crippen LogP contribution >= 0.6 is 23.2 Å². The number of anilines is 2. The monoisotopic (exact) mass is 622 g/mol. The molecule has 1 unspecified atom stereocenters. The van der Waals surface area contributed by atoms with Crippen LogP contribution in [0.4, 0.5) is 16.0 Å². The number of carbonyl (C=O) groups excluding carboxylic acids is 1. The summed E-state index contributed by atoms with van der Waals surface area (Å²) in [5.41, 5.74) is 3.06. The molecule has 0 bridgehead atoms. The normalized spacial score (nSPS) is 15.5. The van der Waals surface area contributed by atoms with Gasteiger partial charge < -0.3 is 20.6 Å². The van der Waals surface area contributed by atoms with Crippen LogP contribution in [0.25, 0.3) is 11.1 Å². The average molecular weight is 624 g/mol. The van der Waals surface area contributed by atoms with Crippen LogP contribution in [-0.4, -0.2) is 51.1 Å². The smallest absolute Gasteiger partial charge is 0.326 e. The number of carboxylic acid groups (broad SMARTS) is 1. The van der Waals surface area contributed by atoms with E-state index in [0.29, 0.717) is 29.4 Å². The Labute approximate surface area is 258 Å². The van der Waals surface area contributed by atoms with Gasteiger partial charge in [-0.15, -0.1) is 0 Å². The third-order valence-corrected chi connectivity index (χ3v) is 7.84. The minimum atomic E-state index is -1.14. The highest BCUT2D eigenvalue weighted by atomic mass is 35.5. The molecular formula is C31H29Cl2FN6O3. The highest BCUT2D eigenvalue weighted by Crippen LogP contribution is 2.31. The summed E-state index contributed by atoms with van der Waals surface area (Å²) in [6, 6.07) is 16.8. The van der Waals surface area contributed by atoms with E-state index in [0.717, 1.165) is 22.4 Å². The molecule has 9 nitrogen and oxygen atoms in total. The van der Waals surface area contributed by atoms with Crippen molar-refractivity contribution in [3.05, 3.63) is 100 Å². The lowest BCUT2D eigenvalue weighted by Gasteiger charge is -2.33. The maximum Gasteiger partial charge on any atom is 0.326 e. The number of piperidine rings is 1. The van der Waals surface area contributed by atoms with Crippen molar-refractivity contribution in [3.8, 4) is 11.1 Å². The van der Waals surface area contributed by atoms with Crippen LogP contribution in [0, 0.1) is 11.7 Å². The number of carboxylic acids is 1. The number of halogens is 3. The first-order valence-corrected chi connectivity index (χ1v) is 14.5. The lowest BCUT2D eigenvalue weighted by molar-refractivity contribution is -0.142. The van der Waals surface area contributed by atoms with Gasteiger partial charge in [0.15, 0.2) is 11.6 Å². The van der Waals surface area contributed by atoms with Crippen molar-refractivity contribution < 1.29 is 19.1 Å². The quantitative estimate of drug-likeness (QED) is 0.208. The number of carbonyl (C=O) groups is 2. The van der Waals surface area contributed by atoms with E-state index >= 15 is 4.39 Å². The Kier molecular flexibility index (Phi) is 9.68. The molecule has 1 saturated heterocycles. The second kappa shape index (κ2) is 13.8. The Bertz CT molecular complexity index is 1590. The molecule has 222 valence electrons. The van der Waals surface area contributed by atoms with E-state index in [9.17, 15) is 14.7 Å². The Morgan fingerprint density at radius 2 is 1.88 bits per heavy atom. The first kappa shape index (κ1) is 30.2. The molecule has 2 aromatic carbocycles. The number of rotatable bonds is 10. The van der Waals surface area contributed by atoms with Crippen LogP contribution in [0.3, 0.4) is 0 Å². The van der Waals surface area contributed by atoms with Crippen LogP contribution in [0.5, 0.6) is 0 Å². The molecule has 1 aliphatic heterocycles. The molecular weight excluding hydrogens is 594 g/mol. The number of aliphatic carboxylic acids is 1. The topological polar surface area (TPSA) is 120 Å². The molecule has 2 atom stereocenters. The zero-order valence-corrected chi connectivity index (χ0v) is 24.5. The first-order valence-electron chi connectivity index (χ1n) is 13.7. The fraction of sp³-hybridized carbons (Fsp3) is 0.258. The van der Waals surface area contributed by atoms with Crippen molar-refractivity contribution in [1.82, 2.24) is 20.3 Å². The van der Waals surface area contributed by atoms with Gasteiger partial charge in [-0.3, -0.25) is 9.78 Å². The van der Waals surface area contributed by atoms with Gasteiger partial charge in [-0.1, -0.05) is 53.5 Å². The lowest BCUT2D eigenvalue weighted by Crippen LogP contribution is -2.49. The number of nitrogens with zero attached hydrogens (tertiary/aromatic N) is 4. The minimum absolute atomic E-state index is 0.0387. The average Bonchev–Trinajstić information content (AvgIpc) is 3.02. The van der Waals surface area contributed by atoms with Gasteiger partial charge in [0.2, 0.25) is 11.7 Å². The Balaban J connectivity index is 1.22. The lowest BCUT2D eigenvalue weighted by atomic mass is 9.95. The van der Waals surface area contributed by atoms with Crippen molar-refractivity contribution in [3.63, 3.8) is 0 Å². The Hall–Kier alpha value is -4.28. The second-order valence-corrected chi connectivity index (χ2v) is 11.1. The summed E-state index contributed by atoms with van der Waals surface area (Å²) < 4.78 is 15.4. The highest BCUT2D eigenvalue weighted by molar-refractivity contribution is 6.35. The molecule has 2 aromatic heterocycles. The van der Waals surface area contributed by atoms with E-state index in [2.05, 4.69) is 25.6 Å². The van der Waals surface area contributed by atoms with Crippen molar-refractivity contribution >= 4 is 46.7 Å².